The summed E-state index contributed by atoms with van der Waals surface area (Å²) in [6.07, 6.45) is 1.79. The number of para-hydroxylation sites is 1. The largest absolute Gasteiger partial charge is 0.370 e. The zero-order chi connectivity index (χ0) is 19.2. The van der Waals surface area contributed by atoms with Gasteiger partial charge in [0.2, 0.25) is 0 Å². The standard InChI is InChI=1S/C18H26N4O2S2.HI/c1-4-14-8-6-9-15(5-2)17(14)21-18(19)20-11-12-22(3)26(23,24)16-10-7-13-25-16;/h6-10,13H,4-5,11-12H2,1-3H3,(H3,19,20,21);1H. The Balaban J connectivity index is 0.00000364. The van der Waals surface area contributed by atoms with Gasteiger partial charge >= 0.3 is 0 Å². The molecule has 0 saturated carbocycles. The second-order valence-electron chi connectivity index (χ2n) is 5.81. The summed E-state index contributed by atoms with van der Waals surface area (Å²) in [7, 11) is -1.90. The quantitative estimate of drug-likeness (QED) is 0.316. The van der Waals surface area contributed by atoms with E-state index in [9.17, 15) is 8.42 Å². The normalized spacial score (nSPS) is 12.1. The van der Waals surface area contributed by atoms with E-state index < -0.39 is 10.0 Å². The van der Waals surface area contributed by atoms with Crippen molar-refractivity contribution in [1.29, 1.82) is 0 Å². The maximum atomic E-state index is 12.4. The molecule has 0 amide bonds. The smallest absolute Gasteiger partial charge is 0.252 e. The summed E-state index contributed by atoms with van der Waals surface area (Å²) >= 11 is 1.21. The number of guanidine groups is 1. The fraction of sp³-hybridized carbons (Fsp3) is 0.389. The number of hydrogen-bond acceptors (Lipinski definition) is 4. The lowest BCUT2D eigenvalue weighted by molar-refractivity contribution is 0.479. The Hall–Kier alpha value is -1.17. The van der Waals surface area contributed by atoms with Crippen LogP contribution < -0.4 is 11.1 Å². The van der Waals surface area contributed by atoms with Crippen molar-refractivity contribution in [2.45, 2.75) is 30.9 Å². The number of nitrogens with one attached hydrogen (secondary N) is 1. The van der Waals surface area contributed by atoms with E-state index in [2.05, 4.69) is 36.3 Å². The summed E-state index contributed by atoms with van der Waals surface area (Å²) in [6.45, 7) is 4.74. The fourth-order valence-electron chi connectivity index (χ4n) is 2.57. The van der Waals surface area contributed by atoms with Gasteiger partial charge in [-0.15, -0.1) is 35.3 Å². The lowest BCUT2D eigenvalue weighted by atomic mass is 10.0. The van der Waals surface area contributed by atoms with E-state index in [-0.39, 0.29) is 37.1 Å². The molecule has 9 heteroatoms. The number of thiophene rings is 1. The number of hydrogen-bond donors (Lipinski definition) is 2. The molecular formula is C18H27IN4O2S2. The molecule has 0 fully saturated rings. The second kappa shape index (κ2) is 11.0. The second-order valence-corrected chi connectivity index (χ2v) is 9.03. The van der Waals surface area contributed by atoms with Gasteiger partial charge in [0.25, 0.3) is 10.0 Å². The number of nitrogens with zero attached hydrogens (tertiary/aromatic N) is 2. The highest BCUT2D eigenvalue weighted by Crippen LogP contribution is 2.22. The average molecular weight is 522 g/mol. The van der Waals surface area contributed by atoms with Crippen LogP contribution in [0, 0.1) is 0 Å². The highest BCUT2D eigenvalue weighted by atomic mass is 127. The fourth-order valence-corrected chi connectivity index (χ4v) is 4.93. The number of nitrogens with two attached hydrogens (primary N) is 1. The van der Waals surface area contributed by atoms with Crippen molar-refractivity contribution in [2.75, 3.05) is 25.5 Å². The van der Waals surface area contributed by atoms with Crippen LogP contribution in [-0.4, -0.2) is 38.8 Å². The first kappa shape index (κ1) is 23.9. The first-order chi connectivity index (χ1) is 12.4. The highest BCUT2D eigenvalue weighted by Gasteiger charge is 2.21. The number of sulfonamides is 1. The lowest BCUT2D eigenvalue weighted by Gasteiger charge is -2.16. The molecule has 0 atom stereocenters. The lowest BCUT2D eigenvalue weighted by Crippen LogP contribution is -2.30. The van der Waals surface area contributed by atoms with E-state index in [1.165, 1.54) is 26.8 Å². The minimum Gasteiger partial charge on any atom is -0.370 e. The zero-order valence-corrected chi connectivity index (χ0v) is 19.8. The van der Waals surface area contributed by atoms with Gasteiger partial charge < -0.3 is 11.1 Å². The van der Waals surface area contributed by atoms with Crippen LogP contribution >= 0.6 is 35.3 Å². The van der Waals surface area contributed by atoms with Crippen molar-refractivity contribution in [2.24, 2.45) is 10.7 Å². The van der Waals surface area contributed by atoms with E-state index in [0.717, 1.165) is 18.5 Å². The van der Waals surface area contributed by atoms with Crippen LogP contribution in [0.4, 0.5) is 5.69 Å². The highest BCUT2D eigenvalue weighted by molar-refractivity contribution is 14.0. The van der Waals surface area contributed by atoms with Crippen molar-refractivity contribution < 1.29 is 8.42 Å². The van der Waals surface area contributed by atoms with Gasteiger partial charge in [-0.2, -0.15) is 4.31 Å². The predicted molar refractivity (Wildman–Crippen MR) is 125 cm³/mol. The number of rotatable bonds is 8. The van der Waals surface area contributed by atoms with Crippen molar-refractivity contribution >= 4 is 57.0 Å². The molecule has 0 radical (unpaired) electrons. The van der Waals surface area contributed by atoms with E-state index in [1.807, 2.05) is 6.07 Å². The van der Waals surface area contributed by atoms with Gasteiger partial charge in [-0.05, 0) is 35.4 Å². The summed E-state index contributed by atoms with van der Waals surface area (Å²) in [4.78, 5) is 4.29. The van der Waals surface area contributed by atoms with E-state index >= 15 is 0 Å². The van der Waals surface area contributed by atoms with Crippen LogP contribution in [0.5, 0.6) is 0 Å². The molecule has 0 aliphatic heterocycles. The van der Waals surface area contributed by atoms with Crippen LogP contribution in [0.2, 0.25) is 0 Å². The topological polar surface area (TPSA) is 87.8 Å². The zero-order valence-electron chi connectivity index (χ0n) is 15.8. The first-order valence-electron chi connectivity index (χ1n) is 8.57. The first-order valence-corrected chi connectivity index (χ1v) is 10.9. The minimum absolute atomic E-state index is 0. The molecule has 6 nitrogen and oxygen atoms in total. The Bertz CT molecular complexity index is 830. The third-order valence-corrected chi connectivity index (χ3v) is 7.34. The Morgan fingerprint density at radius 1 is 1.19 bits per heavy atom. The van der Waals surface area contributed by atoms with Crippen molar-refractivity contribution in [3.63, 3.8) is 0 Å². The predicted octanol–water partition coefficient (Wildman–Crippen LogP) is 3.54. The summed E-state index contributed by atoms with van der Waals surface area (Å²) in [5, 5.41) is 4.93. The minimum atomic E-state index is -3.45. The molecule has 0 aliphatic rings. The molecule has 0 saturated heterocycles. The molecule has 27 heavy (non-hydrogen) atoms. The van der Waals surface area contributed by atoms with E-state index in [0.29, 0.717) is 10.2 Å². The molecule has 150 valence electrons. The average Bonchev–Trinajstić information content (AvgIpc) is 3.17. The van der Waals surface area contributed by atoms with Crippen LogP contribution in [0.1, 0.15) is 25.0 Å². The molecule has 0 aliphatic carbocycles. The number of halogens is 1. The summed E-state index contributed by atoms with van der Waals surface area (Å²) in [5.74, 6) is 0.294. The monoisotopic (exact) mass is 522 g/mol. The summed E-state index contributed by atoms with van der Waals surface area (Å²) in [6, 6.07) is 9.50. The number of aryl methyl sites for hydroxylation is 2. The van der Waals surface area contributed by atoms with Gasteiger partial charge in [0, 0.05) is 19.3 Å². The molecule has 0 bridgehead atoms. The van der Waals surface area contributed by atoms with Gasteiger partial charge in [0.15, 0.2) is 5.96 Å². The van der Waals surface area contributed by atoms with Gasteiger partial charge in [-0.1, -0.05) is 38.1 Å². The van der Waals surface area contributed by atoms with Gasteiger partial charge in [-0.3, -0.25) is 4.99 Å². The molecular weight excluding hydrogens is 495 g/mol. The Kier molecular flexibility index (Phi) is 9.71. The molecule has 1 heterocycles. The van der Waals surface area contributed by atoms with Gasteiger partial charge in [0.1, 0.15) is 4.21 Å². The summed E-state index contributed by atoms with van der Waals surface area (Å²) < 4.78 is 26.4. The number of likely N-dealkylation sites (N-methyl/N-ethyl adjacent to an activating group) is 1. The van der Waals surface area contributed by atoms with Gasteiger partial charge in [0.05, 0.1) is 6.54 Å². The Morgan fingerprint density at radius 3 is 2.33 bits per heavy atom. The van der Waals surface area contributed by atoms with Crippen molar-refractivity contribution in [3.05, 3.63) is 46.8 Å². The molecule has 0 spiro atoms. The van der Waals surface area contributed by atoms with Crippen LogP contribution in [0.3, 0.4) is 0 Å². The molecule has 2 aromatic rings. The molecule has 0 unspecified atom stereocenters. The maximum absolute atomic E-state index is 12.4. The van der Waals surface area contributed by atoms with Crippen molar-refractivity contribution in [1.82, 2.24) is 4.31 Å². The Morgan fingerprint density at radius 2 is 1.81 bits per heavy atom. The van der Waals surface area contributed by atoms with Crippen LogP contribution in [0.25, 0.3) is 0 Å². The SMILES string of the molecule is CCc1cccc(CC)c1NC(N)=NCCN(C)S(=O)(=O)c1cccs1.I. The molecule has 2 rings (SSSR count). The third-order valence-electron chi connectivity index (χ3n) is 4.11. The molecule has 3 N–H and O–H groups in total. The number of benzene rings is 1. The van der Waals surface area contributed by atoms with Crippen LogP contribution in [0.15, 0.2) is 44.9 Å². The maximum Gasteiger partial charge on any atom is 0.252 e. The Labute approximate surface area is 182 Å². The molecule has 1 aromatic heterocycles. The number of aliphatic imine (C=N–C) groups is 1. The van der Waals surface area contributed by atoms with E-state index in [1.54, 1.807) is 24.6 Å². The third kappa shape index (κ3) is 6.16. The van der Waals surface area contributed by atoms with Crippen molar-refractivity contribution in [3.8, 4) is 0 Å². The summed E-state index contributed by atoms with van der Waals surface area (Å²) in [5.41, 5.74) is 9.38. The number of anilines is 1. The van der Waals surface area contributed by atoms with Crippen LogP contribution in [-0.2, 0) is 22.9 Å². The van der Waals surface area contributed by atoms with Gasteiger partial charge in [-0.25, -0.2) is 8.42 Å². The molecule has 1 aromatic carbocycles. The van der Waals surface area contributed by atoms with E-state index in [4.69, 9.17) is 5.73 Å².